The third-order valence-corrected chi connectivity index (χ3v) is 5.46. The normalized spacial score (nSPS) is 16.4. The van der Waals surface area contributed by atoms with Crippen LogP contribution in [0.2, 0.25) is 0 Å². The van der Waals surface area contributed by atoms with Crippen LogP contribution in [0.15, 0.2) is 65.2 Å². The highest BCUT2D eigenvalue weighted by atomic mass is 16.5. The lowest BCUT2D eigenvalue weighted by Gasteiger charge is -2.24. The summed E-state index contributed by atoms with van der Waals surface area (Å²) in [5, 5.41) is 8.85. The van der Waals surface area contributed by atoms with E-state index in [-0.39, 0.29) is 11.5 Å². The van der Waals surface area contributed by atoms with Crippen molar-refractivity contribution in [1.29, 1.82) is 0 Å². The third-order valence-electron chi connectivity index (χ3n) is 5.46. The fourth-order valence-corrected chi connectivity index (χ4v) is 3.66. The smallest absolute Gasteiger partial charge is 0.278 e. The van der Waals surface area contributed by atoms with Crippen molar-refractivity contribution in [2.24, 2.45) is 0 Å². The van der Waals surface area contributed by atoms with E-state index in [9.17, 15) is 0 Å². The minimum absolute atomic E-state index is 0.00831. The maximum Gasteiger partial charge on any atom is 0.278 e. The van der Waals surface area contributed by atoms with E-state index in [1.807, 2.05) is 41.1 Å². The van der Waals surface area contributed by atoms with Crippen molar-refractivity contribution < 1.29 is 9.26 Å². The standard InChI is InChI=1S/C24H24N4O2/c1-24(2,3)18-11-9-17(10-12-18)22-25-23(30-27-22)20-13-19-15-29-21(14-28(19)26-20)16-7-5-4-6-8-16/h4-13,21H,14-15H2,1-3H3/t21-/m1/s1. The van der Waals surface area contributed by atoms with E-state index in [1.54, 1.807) is 0 Å². The molecule has 2 aromatic heterocycles. The van der Waals surface area contributed by atoms with Crippen molar-refractivity contribution in [2.75, 3.05) is 0 Å². The Balaban J connectivity index is 1.37. The van der Waals surface area contributed by atoms with Gasteiger partial charge in [0.25, 0.3) is 5.89 Å². The van der Waals surface area contributed by atoms with Gasteiger partial charge in [-0.15, -0.1) is 0 Å². The number of rotatable bonds is 3. The van der Waals surface area contributed by atoms with Crippen LogP contribution in [0.1, 0.15) is 43.7 Å². The molecule has 3 heterocycles. The molecule has 6 heteroatoms. The zero-order valence-corrected chi connectivity index (χ0v) is 17.4. The topological polar surface area (TPSA) is 66.0 Å². The average molecular weight is 400 g/mol. The van der Waals surface area contributed by atoms with Crippen molar-refractivity contribution in [3.8, 4) is 23.0 Å². The maximum absolute atomic E-state index is 6.03. The fourth-order valence-electron chi connectivity index (χ4n) is 3.66. The Morgan fingerprint density at radius 3 is 2.50 bits per heavy atom. The highest BCUT2D eigenvalue weighted by molar-refractivity contribution is 5.58. The molecule has 5 rings (SSSR count). The summed E-state index contributed by atoms with van der Waals surface area (Å²) >= 11 is 0. The fraction of sp³-hybridized carbons (Fsp3) is 0.292. The van der Waals surface area contributed by atoms with Gasteiger partial charge in [-0.25, -0.2) is 0 Å². The monoisotopic (exact) mass is 400 g/mol. The molecule has 1 atom stereocenters. The number of benzene rings is 2. The second-order valence-electron chi connectivity index (χ2n) is 8.66. The molecule has 1 aliphatic heterocycles. The SMILES string of the molecule is CC(C)(C)c1ccc(-c2noc(-c3cc4n(n3)C[C@H](c3ccccc3)OC4)n2)cc1. The van der Waals surface area contributed by atoms with Crippen molar-refractivity contribution >= 4 is 0 Å². The van der Waals surface area contributed by atoms with E-state index in [0.29, 0.717) is 30.6 Å². The molecule has 30 heavy (non-hydrogen) atoms. The highest BCUT2D eigenvalue weighted by Crippen LogP contribution is 2.30. The van der Waals surface area contributed by atoms with E-state index in [4.69, 9.17) is 14.4 Å². The molecule has 0 spiro atoms. The van der Waals surface area contributed by atoms with Gasteiger partial charge < -0.3 is 9.26 Å². The summed E-state index contributed by atoms with van der Waals surface area (Å²) in [4.78, 5) is 4.57. The average Bonchev–Trinajstić information content (AvgIpc) is 3.40. The van der Waals surface area contributed by atoms with Gasteiger partial charge in [-0.3, -0.25) is 4.68 Å². The van der Waals surface area contributed by atoms with E-state index in [2.05, 4.69) is 55.2 Å². The lowest BCUT2D eigenvalue weighted by molar-refractivity contribution is -0.00113. The van der Waals surface area contributed by atoms with E-state index in [0.717, 1.165) is 16.8 Å². The van der Waals surface area contributed by atoms with Crippen LogP contribution < -0.4 is 0 Å². The summed E-state index contributed by atoms with van der Waals surface area (Å²) in [6.45, 7) is 7.75. The Morgan fingerprint density at radius 1 is 1.00 bits per heavy atom. The van der Waals surface area contributed by atoms with Crippen LogP contribution in [0.5, 0.6) is 0 Å². The zero-order valence-electron chi connectivity index (χ0n) is 17.4. The highest BCUT2D eigenvalue weighted by Gasteiger charge is 2.24. The van der Waals surface area contributed by atoms with E-state index < -0.39 is 0 Å². The van der Waals surface area contributed by atoms with Gasteiger partial charge in [0.2, 0.25) is 5.82 Å². The quantitative estimate of drug-likeness (QED) is 0.475. The van der Waals surface area contributed by atoms with Crippen LogP contribution in [0.4, 0.5) is 0 Å². The van der Waals surface area contributed by atoms with Crippen LogP contribution in [0, 0.1) is 0 Å². The second kappa shape index (κ2) is 7.22. The number of nitrogens with zero attached hydrogens (tertiary/aromatic N) is 4. The molecular weight excluding hydrogens is 376 g/mol. The van der Waals surface area contributed by atoms with Crippen LogP contribution in [-0.2, 0) is 23.3 Å². The van der Waals surface area contributed by atoms with E-state index in [1.165, 1.54) is 5.56 Å². The van der Waals surface area contributed by atoms with Gasteiger partial charge in [0, 0.05) is 5.56 Å². The summed E-state index contributed by atoms with van der Waals surface area (Å²) in [7, 11) is 0. The van der Waals surface area contributed by atoms with Gasteiger partial charge >= 0.3 is 0 Å². The zero-order chi connectivity index (χ0) is 20.7. The number of fused-ring (bicyclic) bond motifs is 1. The predicted molar refractivity (Wildman–Crippen MR) is 114 cm³/mol. The summed E-state index contributed by atoms with van der Waals surface area (Å²) in [6, 6.07) is 20.5. The number of ether oxygens (including phenoxy) is 1. The van der Waals surface area contributed by atoms with Gasteiger partial charge in [-0.2, -0.15) is 10.1 Å². The van der Waals surface area contributed by atoms with Crippen LogP contribution in [-0.4, -0.2) is 19.9 Å². The van der Waals surface area contributed by atoms with Gasteiger partial charge in [0.05, 0.1) is 18.8 Å². The van der Waals surface area contributed by atoms with Gasteiger partial charge in [0.15, 0.2) is 5.69 Å². The van der Waals surface area contributed by atoms with Crippen molar-refractivity contribution in [2.45, 2.75) is 45.4 Å². The molecule has 1 aliphatic rings. The van der Waals surface area contributed by atoms with Crippen LogP contribution in [0.3, 0.4) is 0 Å². The summed E-state index contributed by atoms with van der Waals surface area (Å²) in [6.07, 6.45) is -0.00831. The lowest BCUT2D eigenvalue weighted by Crippen LogP contribution is -2.21. The molecule has 6 nitrogen and oxygen atoms in total. The molecule has 4 aromatic rings. The first-order valence-corrected chi connectivity index (χ1v) is 10.2. The molecule has 2 aromatic carbocycles. The molecule has 0 aliphatic carbocycles. The largest absolute Gasteiger partial charge is 0.365 e. The molecule has 0 amide bonds. The number of hydrogen-bond acceptors (Lipinski definition) is 5. The lowest BCUT2D eigenvalue weighted by atomic mass is 9.87. The van der Waals surface area contributed by atoms with Gasteiger partial charge in [-0.05, 0) is 22.6 Å². The Bertz CT molecular complexity index is 1150. The third kappa shape index (κ3) is 3.55. The maximum atomic E-state index is 6.03. The Labute approximate surface area is 175 Å². The van der Waals surface area contributed by atoms with Crippen molar-refractivity contribution in [1.82, 2.24) is 19.9 Å². The first-order chi connectivity index (χ1) is 14.5. The molecular formula is C24H24N4O2. The molecule has 152 valence electrons. The molecule has 0 saturated carbocycles. The summed E-state index contributed by atoms with van der Waals surface area (Å²) in [5.74, 6) is 0.984. The molecule has 0 fully saturated rings. The van der Waals surface area contributed by atoms with Crippen molar-refractivity contribution in [3.63, 3.8) is 0 Å². The second-order valence-corrected chi connectivity index (χ2v) is 8.66. The Hall–Kier alpha value is -3.25. The van der Waals surface area contributed by atoms with Gasteiger partial charge in [-0.1, -0.05) is 80.5 Å². The molecule has 0 bridgehead atoms. The molecule has 0 N–H and O–H groups in total. The summed E-state index contributed by atoms with van der Waals surface area (Å²) < 4.78 is 13.5. The molecule has 0 radical (unpaired) electrons. The summed E-state index contributed by atoms with van der Waals surface area (Å²) in [5.41, 5.74) is 5.13. The van der Waals surface area contributed by atoms with Crippen LogP contribution in [0.25, 0.3) is 23.0 Å². The molecule has 0 saturated heterocycles. The first-order valence-electron chi connectivity index (χ1n) is 10.2. The minimum Gasteiger partial charge on any atom is -0.365 e. The molecule has 0 unspecified atom stereocenters. The first kappa shape index (κ1) is 18.8. The number of aromatic nitrogens is 4. The van der Waals surface area contributed by atoms with Gasteiger partial charge in [0.1, 0.15) is 6.10 Å². The van der Waals surface area contributed by atoms with E-state index >= 15 is 0 Å². The Morgan fingerprint density at radius 2 is 1.77 bits per heavy atom. The minimum atomic E-state index is -0.00831. The Kier molecular flexibility index (Phi) is 4.51. The van der Waals surface area contributed by atoms with Crippen molar-refractivity contribution in [3.05, 3.63) is 77.5 Å². The predicted octanol–water partition coefficient (Wildman–Crippen LogP) is 5.17. The van der Waals surface area contributed by atoms with Crippen LogP contribution >= 0.6 is 0 Å². The number of hydrogen-bond donors (Lipinski definition) is 0.